The van der Waals surface area contributed by atoms with E-state index in [1.165, 1.54) is 0 Å². The fraction of sp³-hybridized carbons (Fsp3) is 0.350. The van der Waals surface area contributed by atoms with Gasteiger partial charge in [-0.1, -0.05) is 35.4 Å². The Balaban J connectivity index is 1.94. The lowest BCUT2D eigenvalue weighted by Crippen LogP contribution is -2.44. The van der Waals surface area contributed by atoms with Crippen molar-refractivity contribution in [1.29, 1.82) is 0 Å². The average molecular weight is 391 g/mol. The fourth-order valence-corrected chi connectivity index (χ4v) is 3.32. The highest BCUT2D eigenvalue weighted by Gasteiger charge is 2.21. The molecule has 2 aromatic carbocycles. The molecular formula is C20H26N2O4S. The highest BCUT2D eigenvalue weighted by molar-refractivity contribution is 7.92. The number of carbonyl (C=O) groups excluding carboxylic acids is 1. The zero-order valence-corrected chi connectivity index (χ0v) is 16.9. The second kappa shape index (κ2) is 8.90. The molecule has 0 aliphatic carbocycles. The standard InChI is InChI=1S/C20H26N2O4S/c1-15-5-9-18(10-6-15)22(27(4,24)25)13-20(23)21-17(3)14-26-19-11-7-16(2)8-12-19/h5-12,17H,13-14H2,1-4H3,(H,21,23)/t17-/m0/s1. The largest absolute Gasteiger partial charge is 0.491 e. The molecule has 0 radical (unpaired) electrons. The van der Waals surface area contributed by atoms with Gasteiger partial charge in [-0.2, -0.15) is 0 Å². The van der Waals surface area contributed by atoms with E-state index in [9.17, 15) is 13.2 Å². The van der Waals surface area contributed by atoms with Crippen LogP contribution in [0.1, 0.15) is 18.1 Å². The number of aryl methyl sites for hydroxylation is 2. The molecule has 146 valence electrons. The molecule has 0 heterocycles. The van der Waals surface area contributed by atoms with Gasteiger partial charge in [-0.3, -0.25) is 9.10 Å². The molecule has 7 heteroatoms. The van der Waals surface area contributed by atoms with Crippen LogP contribution in [0.15, 0.2) is 48.5 Å². The van der Waals surface area contributed by atoms with E-state index in [1.54, 1.807) is 12.1 Å². The zero-order valence-electron chi connectivity index (χ0n) is 16.1. The third kappa shape index (κ3) is 6.60. The van der Waals surface area contributed by atoms with Crippen LogP contribution in [0.2, 0.25) is 0 Å². The van der Waals surface area contributed by atoms with Crippen LogP contribution < -0.4 is 14.4 Å². The van der Waals surface area contributed by atoms with Crippen LogP contribution in [0, 0.1) is 13.8 Å². The van der Waals surface area contributed by atoms with Crippen LogP contribution in [0.4, 0.5) is 5.69 Å². The van der Waals surface area contributed by atoms with Gasteiger partial charge >= 0.3 is 0 Å². The number of benzene rings is 2. The van der Waals surface area contributed by atoms with Crippen LogP contribution in [-0.2, 0) is 14.8 Å². The van der Waals surface area contributed by atoms with Crippen molar-refractivity contribution in [2.24, 2.45) is 0 Å². The number of anilines is 1. The van der Waals surface area contributed by atoms with Crippen molar-refractivity contribution in [1.82, 2.24) is 5.32 Å². The van der Waals surface area contributed by atoms with Crippen LogP contribution in [-0.4, -0.2) is 39.8 Å². The second-order valence-electron chi connectivity index (χ2n) is 6.70. The van der Waals surface area contributed by atoms with E-state index in [1.807, 2.05) is 57.2 Å². The predicted octanol–water partition coefficient (Wildman–Crippen LogP) is 2.65. The molecule has 2 rings (SSSR count). The highest BCUT2D eigenvalue weighted by Crippen LogP contribution is 2.18. The van der Waals surface area contributed by atoms with Gasteiger partial charge in [0.1, 0.15) is 18.9 Å². The Bertz CT molecular complexity index is 862. The van der Waals surface area contributed by atoms with Gasteiger partial charge in [0.05, 0.1) is 18.0 Å². The van der Waals surface area contributed by atoms with Crippen molar-refractivity contribution >= 4 is 21.6 Å². The van der Waals surface area contributed by atoms with Gasteiger partial charge in [0.15, 0.2) is 0 Å². The molecule has 27 heavy (non-hydrogen) atoms. The van der Waals surface area contributed by atoms with Crippen LogP contribution >= 0.6 is 0 Å². The molecule has 2 aromatic rings. The van der Waals surface area contributed by atoms with E-state index in [0.717, 1.165) is 27.4 Å². The van der Waals surface area contributed by atoms with Gasteiger partial charge in [-0.25, -0.2) is 8.42 Å². The van der Waals surface area contributed by atoms with Crippen molar-refractivity contribution < 1.29 is 17.9 Å². The number of carbonyl (C=O) groups is 1. The summed E-state index contributed by atoms with van der Waals surface area (Å²) in [4.78, 5) is 12.3. The molecule has 0 saturated carbocycles. The van der Waals surface area contributed by atoms with E-state index in [4.69, 9.17) is 4.74 Å². The minimum absolute atomic E-state index is 0.266. The number of amides is 1. The van der Waals surface area contributed by atoms with Gasteiger partial charge in [0.2, 0.25) is 15.9 Å². The maximum atomic E-state index is 12.3. The summed E-state index contributed by atoms with van der Waals surface area (Å²) >= 11 is 0. The smallest absolute Gasteiger partial charge is 0.241 e. The van der Waals surface area contributed by atoms with Crippen molar-refractivity contribution in [3.8, 4) is 5.75 Å². The Morgan fingerprint density at radius 3 is 2.07 bits per heavy atom. The van der Waals surface area contributed by atoms with E-state index in [0.29, 0.717) is 5.69 Å². The predicted molar refractivity (Wildman–Crippen MR) is 108 cm³/mol. The van der Waals surface area contributed by atoms with E-state index >= 15 is 0 Å². The zero-order chi connectivity index (χ0) is 20.0. The molecule has 0 bridgehead atoms. The molecule has 0 aromatic heterocycles. The second-order valence-corrected chi connectivity index (χ2v) is 8.60. The first-order chi connectivity index (χ1) is 12.6. The molecule has 0 aliphatic rings. The van der Waals surface area contributed by atoms with Gasteiger partial charge in [0.25, 0.3) is 0 Å². The molecule has 0 unspecified atom stereocenters. The van der Waals surface area contributed by atoms with Gasteiger partial charge in [-0.05, 0) is 45.0 Å². The summed E-state index contributed by atoms with van der Waals surface area (Å²) < 4.78 is 30.9. The SMILES string of the molecule is Cc1ccc(OC[C@H](C)NC(=O)CN(c2ccc(C)cc2)S(C)(=O)=O)cc1. The van der Waals surface area contributed by atoms with E-state index in [-0.39, 0.29) is 25.1 Å². The number of rotatable bonds is 8. The minimum Gasteiger partial charge on any atom is -0.491 e. The van der Waals surface area contributed by atoms with Crippen molar-refractivity contribution in [3.63, 3.8) is 0 Å². The Labute approximate surface area is 161 Å². The monoisotopic (exact) mass is 390 g/mol. The summed E-state index contributed by atoms with van der Waals surface area (Å²) in [5.41, 5.74) is 2.61. The first-order valence-corrected chi connectivity index (χ1v) is 10.5. The molecule has 1 amide bonds. The third-order valence-electron chi connectivity index (χ3n) is 3.94. The molecule has 1 atom stereocenters. The lowest BCUT2D eigenvalue weighted by molar-refractivity contribution is -0.120. The van der Waals surface area contributed by atoms with Crippen molar-refractivity contribution in [2.75, 3.05) is 23.7 Å². The molecule has 0 fully saturated rings. The Kier molecular flexibility index (Phi) is 6.85. The quantitative estimate of drug-likeness (QED) is 0.752. The molecule has 0 aliphatic heterocycles. The summed E-state index contributed by atoms with van der Waals surface area (Å²) in [5, 5.41) is 2.78. The molecule has 0 spiro atoms. The molecule has 6 nitrogen and oxygen atoms in total. The van der Waals surface area contributed by atoms with Crippen LogP contribution in [0.25, 0.3) is 0 Å². The van der Waals surface area contributed by atoms with Gasteiger partial charge in [-0.15, -0.1) is 0 Å². The normalized spacial score (nSPS) is 12.3. The van der Waals surface area contributed by atoms with Crippen molar-refractivity contribution in [2.45, 2.75) is 26.8 Å². The van der Waals surface area contributed by atoms with Gasteiger partial charge < -0.3 is 10.1 Å². The van der Waals surface area contributed by atoms with E-state index in [2.05, 4.69) is 5.32 Å². The minimum atomic E-state index is -3.58. The Hall–Kier alpha value is -2.54. The third-order valence-corrected chi connectivity index (χ3v) is 5.08. The number of hydrogen-bond acceptors (Lipinski definition) is 4. The van der Waals surface area contributed by atoms with Crippen molar-refractivity contribution in [3.05, 3.63) is 59.7 Å². The van der Waals surface area contributed by atoms with Crippen LogP contribution in [0.5, 0.6) is 5.75 Å². The molecular weight excluding hydrogens is 364 g/mol. The summed E-state index contributed by atoms with van der Waals surface area (Å²) in [6.07, 6.45) is 1.09. The maximum Gasteiger partial charge on any atom is 0.241 e. The number of hydrogen-bond donors (Lipinski definition) is 1. The van der Waals surface area contributed by atoms with E-state index < -0.39 is 10.0 Å². The summed E-state index contributed by atoms with van der Waals surface area (Å²) in [6, 6.07) is 14.4. The molecule has 1 N–H and O–H groups in total. The topological polar surface area (TPSA) is 75.7 Å². The Morgan fingerprint density at radius 2 is 1.56 bits per heavy atom. The average Bonchev–Trinajstić information content (AvgIpc) is 2.59. The lowest BCUT2D eigenvalue weighted by atomic mass is 10.2. The summed E-state index contributed by atoms with van der Waals surface area (Å²) in [5.74, 6) is 0.333. The first kappa shape index (κ1) is 20.8. The lowest BCUT2D eigenvalue weighted by Gasteiger charge is -2.23. The summed E-state index contributed by atoms with van der Waals surface area (Å²) in [7, 11) is -3.58. The fourth-order valence-electron chi connectivity index (χ4n) is 2.46. The highest BCUT2D eigenvalue weighted by atomic mass is 32.2. The number of nitrogens with one attached hydrogen (secondary N) is 1. The number of sulfonamides is 1. The van der Waals surface area contributed by atoms with Crippen LogP contribution in [0.3, 0.4) is 0 Å². The number of ether oxygens (including phenoxy) is 1. The first-order valence-electron chi connectivity index (χ1n) is 8.68. The number of nitrogens with zero attached hydrogens (tertiary/aromatic N) is 1. The van der Waals surface area contributed by atoms with Gasteiger partial charge in [0, 0.05) is 0 Å². The maximum absolute atomic E-state index is 12.3. The Morgan fingerprint density at radius 1 is 1.04 bits per heavy atom. The molecule has 0 saturated heterocycles. The summed E-state index contributed by atoms with van der Waals surface area (Å²) in [6.45, 7) is 5.73.